The number of benzene rings is 2. The molecule has 6 rings (SSSR count). The molecule has 7 nitrogen and oxygen atoms in total. The summed E-state index contributed by atoms with van der Waals surface area (Å²) in [5.41, 5.74) is 6.71. The molecule has 3 aliphatic heterocycles. The second kappa shape index (κ2) is 8.52. The second-order valence-electron chi connectivity index (χ2n) is 9.90. The van der Waals surface area contributed by atoms with E-state index in [0.717, 1.165) is 24.9 Å². The van der Waals surface area contributed by atoms with Gasteiger partial charge in [-0.05, 0) is 37.4 Å². The molecule has 1 amide bonds. The highest BCUT2D eigenvalue weighted by atomic mass is 35.5. The molecule has 1 fully saturated rings. The quantitative estimate of drug-likeness (QED) is 0.552. The fourth-order valence-corrected chi connectivity index (χ4v) is 6.55. The van der Waals surface area contributed by atoms with E-state index in [2.05, 4.69) is 15.5 Å². The van der Waals surface area contributed by atoms with Gasteiger partial charge < -0.3 is 20.4 Å². The molecule has 36 heavy (non-hydrogen) atoms. The van der Waals surface area contributed by atoms with Gasteiger partial charge in [0.15, 0.2) is 17.6 Å². The molecule has 0 spiro atoms. The number of nitrogens with one attached hydrogen (secondary N) is 1. The summed E-state index contributed by atoms with van der Waals surface area (Å²) in [4.78, 5) is 12.6. The van der Waals surface area contributed by atoms with Gasteiger partial charge in [0.1, 0.15) is 17.4 Å². The van der Waals surface area contributed by atoms with Gasteiger partial charge >= 0.3 is 0 Å². The number of halogens is 3. The average molecular weight is 514 g/mol. The molecule has 5 atom stereocenters. The normalized spacial score (nSPS) is 29.0. The van der Waals surface area contributed by atoms with Crippen LogP contribution in [-0.4, -0.2) is 33.3 Å². The van der Waals surface area contributed by atoms with Gasteiger partial charge in [0.2, 0.25) is 5.91 Å². The van der Waals surface area contributed by atoms with Crippen LogP contribution in [0.5, 0.6) is 5.75 Å². The van der Waals surface area contributed by atoms with Crippen molar-refractivity contribution in [1.29, 1.82) is 0 Å². The van der Waals surface area contributed by atoms with Gasteiger partial charge in [-0.1, -0.05) is 41.9 Å². The third kappa shape index (κ3) is 3.36. The number of alkyl halides is 1. The van der Waals surface area contributed by atoms with E-state index in [-0.39, 0.29) is 29.0 Å². The van der Waals surface area contributed by atoms with Crippen molar-refractivity contribution in [3.63, 3.8) is 0 Å². The first-order valence-electron chi connectivity index (χ1n) is 12.1. The van der Waals surface area contributed by atoms with Crippen molar-refractivity contribution in [1.82, 2.24) is 20.1 Å². The van der Waals surface area contributed by atoms with Crippen LogP contribution in [0.25, 0.3) is 0 Å². The standard InChI is InChI=1S/C26H26ClF2N5O2/c1-13-32-33-25-23(29)21(16(24(30)35)12-34(13)25)20-15-11-26(19-8-5-9-31-19,14-6-3-2-4-7-14)36-18(15)10-17(28)22(20)27/h2-4,6-7,10,16,19,21,23,31H,5,8-9,11-12H2,1H3,(H2,30,35)/t16?,19-,21?,23?,26-/m0/s1. The summed E-state index contributed by atoms with van der Waals surface area (Å²) >= 11 is 6.57. The molecule has 0 saturated carbocycles. The Labute approximate surface area is 212 Å². The van der Waals surface area contributed by atoms with Crippen LogP contribution in [0.15, 0.2) is 36.4 Å². The van der Waals surface area contributed by atoms with Crippen LogP contribution in [-0.2, 0) is 23.4 Å². The smallest absolute Gasteiger partial charge is 0.223 e. The Balaban J connectivity index is 1.53. The molecule has 0 aliphatic carbocycles. The molecule has 1 saturated heterocycles. The van der Waals surface area contributed by atoms with Crippen molar-refractivity contribution < 1.29 is 18.3 Å². The molecule has 3 aromatic rings. The lowest BCUT2D eigenvalue weighted by Crippen LogP contribution is -2.49. The molecular weight excluding hydrogens is 488 g/mol. The van der Waals surface area contributed by atoms with Gasteiger partial charge in [0.05, 0.1) is 17.0 Å². The Morgan fingerprint density at radius 3 is 2.78 bits per heavy atom. The number of aryl methyl sites for hydroxylation is 1. The van der Waals surface area contributed by atoms with Crippen molar-refractivity contribution in [2.24, 2.45) is 11.7 Å². The molecule has 188 valence electrons. The van der Waals surface area contributed by atoms with Crippen LogP contribution >= 0.6 is 11.6 Å². The van der Waals surface area contributed by atoms with Gasteiger partial charge in [0, 0.05) is 30.5 Å². The summed E-state index contributed by atoms with van der Waals surface area (Å²) in [7, 11) is 0. The maximum Gasteiger partial charge on any atom is 0.223 e. The van der Waals surface area contributed by atoms with Gasteiger partial charge in [-0.25, -0.2) is 8.78 Å². The Kier molecular flexibility index (Phi) is 5.53. The predicted octanol–water partition coefficient (Wildman–Crippen LogP) is 3.87. The van der Waals surface area contributed by atoms with Crippen molar-refractivity contribution >= 4 is 17.5 Å². The Bertz CT molecular complexity index is 1340. The summed E-state index contributed by atoms with van der Waals surface area (Å²) in [6.07, 6.45) is 0.446. The van der Waals surface area contributed by atoms with E-state index in [0.29, 0.717) is 23.6 Å². The summed E-state index contributed by atoms with van der Waals surface area (Å²) in [6, 6.07) is 11.0. The zero-order chi connectivity index (χ0) is 25.2. The van der Waals surface area contributed by atoms with E-state index >= 15 is 8.78 Å². The molecule has 3 N–H and O–H groups in total. The Morgan fingerprint density at radius 2 is 2.08 bits per heavy atom. The fourth-order valence-electron chi connectivity index (χ4n) is 6.25. The number of ether oxygens (including phenoxy) is 1. The lowest BCUT2D eigenvalue weighted by Gasteiger charge is -2.36. The summed E-state index contributed by atoms with van der Waals surface area (Å²) < 4.78 is 39.6. The van der Waals surface area contributed by atoms with Crippen LogP contribution in [0.1, 0.15) is 53.3 Å². The van der Waals surface area contributed by atoms with E-state index in [9.17, 15) is 4.79 Å². The van der Waals surface area contributed by atoms with Crippen molar-refractivity contribution in [2.45, 2.75) is 56.5 Å². The minimum Gasteiger partial charge on any atom is -0.480 e. The van der Waals surface area contributed by atoms with E-state index in [1.807, 2.05) is 30.3 Å². The van der Waals surface area contributed by atoms with Gasteiger partial charge in [-0.2, -0.15) is 0 Å². The maximum atomic E-state index is 16.2. The van der Waals surface area contributed by atoms with E-state index in [1.54, 1.807) is 11.5 Å². The maximum absolute atomic E-state index is 16.2. The molecule has 0 radical (unpaired) electrons. The first-order chi connectivity index (χ1) is 17.3. The Hall–Kier alpha value is -3.04. The number of primary amides is 1. The zero-order valence-corrected chi connectivity index (χ0v) is 20.4. The summed E-state index contributed by atoms with van der Waals surface area (Å²) in [5.74, 6) is -2.65. The van der Waals surface area contributed by atoms with E-state index < -0.39 is 35.3 Å². The highest BCUT2D eigenvalue weighted by Gasteiger charge is 2.52. The number of hydrogen-bond acceptors (Lipinski definition) is 5. The minimum atomic E-state index is -1.75. The van der Waals surface area contributed by atoms with Gasteiger partial charge in [-0.15, -0.1) is 10.2 Å². The largest absolute Gasteiger partial charge is 0.480 e. The van der Waals surface area contributed by atoms with Gasteiger partial charge in [0.25, 0.3) is 0 Å². The fraction of sp³-hybridized carbons (Fsp3) is 0.423. The molecule has 3 unspecified atom stereocenters. The van der Waals surface area contributed by atoms with Crippen LogP contribution < -0.4 is 15.8 Å². The number of aromatic nitrogens is 3. The highest BCUT2D eigenvalue weighted by Crippen LogP contribution is 2.54. The number of nitrogens with zero attached hydrogens (tertiary/aromatic N) is 3. The molecular formula is C26H26ClF2N5O2. The number of carbonyl (C=O) groups excluding carboxylic acids is 1. The number of fused-ring (bicyclic) bond motifs is 2. The number of nitrogens with two attached hydrogens (primary N) is 1. The van der Waals surface area contributed by atoms with Crippen LogP contribution in [0, 0.1) is 18.7 Å². The number of rotatable bonds is 4. The van der Waals surface area contributed by atoms with E-state index in [1.165, 1.54) is 6.07 Å². The van der Waals surface area contributed by atoms with Gasteiger partial charge in [-0.3, -0.25) is 4.79 Å². The Morgan fingerprint density at radius 1 is 1.31 bits per heavy atom. The first-order valence-corrected chi connectivity index (χ1v) is 12.5. The van der Waals surface area contributed by atoms with Crippen LogP contribution in [0.4, 0.5) is 8.78 Å². The third-order valence-electron chi connectivity index (χ3n) is 7.98. The molecule has 3 aliphatic rings. The highest BCUT2D eigenvalue weighted by molar-refractivity contribution is 6.31. The van der Waals surface area contributed by atoms with Crippen molar-refractivity contribution in [2.75, 3.05) is 6.54 Å². The average Bonchev–Trinajstić information content (AvgIpc) is 3.61. The SMILES string of the molecule is Cc1nnc2n1CC(C(N)=O)C(c1c(Cl)c(F)cc3c1C[C@](c1ccccc1)([C@@H]1CCCN1)O3)C2F. The predicted molar refractivity (Wildman–Crippen MR) is 129 cm³/mol. The number of carbonyl (C=O) groups is 1. The molecule has 4 heterocycles. The lowest BCUT2D eigenvalue weighted by atomic mass is 9.74. The lowest BCUT2D eigenvalue weighted by molar-refractivity contribution is -0.124. The third-order valence-corrected chi connectivity index (χ3v) is 8.37. The van der Waals surface area contributed by atoms with Crippen LogP contribution in [0.3, 0.4) is 0 Å². The topological polar surface area (TPSA) is 95.1 Å². The zero-order valence-electron chi connectivity index (χ0n) is 19.7. The van der Waals surface area contributed by atoms with Crippen LogP contribution in [0.2, 0.25) is 5.02 Å². The number of amides is 1. The number of hydrogen-bond donors (Lipinski definition) is 2. The molecule has 1 aromatic heterocycles. The molecule has 2 aromatic carbocycles. The van der Waals surface area contributed by atoms with Crippen molar-refractivity contribution in [3.8, 4) is 5.75 Å². The summed E-state index contributed by atoms with van der Waals surface area (Å²) in [6.45, 7) is 2.62. The second-order valence-corrected chi connectivity index (χ2v) is 10.3. The minimum absolute atomic E-state index is 0.0350. The van der Waals surface area contributed by atoms with E-state index in [4.69, 9.17) is 22.1 Å². The van der Waals surface area contributed by atoms with Crippen molar-refractivity contribution in [3.05, 3.63) is 75.6 Å². The first kappa shape index (κ1) is 23.4. The molecule has 10 heteroatoms. The summed E-state index contributed by atoms with van der Waals surface area (Å²) in [5, 5.41) is 11.3. The molecule has 0 bridgehead atoms. The monoisotopic (exact) mass is 513 g/mol.